The summed E-state index contributed by atoms with van der Waals surface area (Å²) >= 11 is 0. The molecule has 3 heteroatoms. The van der Waals surface area contributed by atoms with Crippen LogP contribution in [0.4, 0.5) is 0 Å². The Labute approximate surface area is 114 Å². The molecule has 0 radical (unpaired) electrons. The second kappa shape index (κ2) is 7.46. The Morgan fingerprint density at radius 1 is 1.17 bits per heavy atom. The Bertz CT molecular complexity index is 218. The van der Waals surface area contributed by atoms with Crippen molar-refractivity contribution in [2.75, 3.05) is 33.2 Å². The first-order chi connectivity index (χ1) is 8.63. The minimum atomic E-state index is 0.251. The van der Waals surface area contributed by atoms with Gasteiger partial charge in [0.1, 0.15) is 0 Å². The molecule has 0 atom stereocenters. The van der Waals surface area contributed by atoms with Crippen LogP contribution >= 0.6 is 0 Å². The van der Waals surface area contributed by atoms with Crippen LogP contribution in [0.1, 0.15) is 52.9 Å². The Kier molecular flexibility index (Phi) is 6.61. The summed E-state index contributed by atoms with van der Waals surface area (Å²) in [6.07, 6.45) is 6.19. The Morgan fingerprint density at radius 3 is 2.11 bits per heavy atom. The van der Waals surface area contributed by atoms with E-state index in [0.29, 0.717) is 6.04 Å². The van der Waals surface area contributed by atoms with Crippen LogP contribution in [-0.4, -0.2) is 54.6 Å². The lowest BCUT2D eigenvalue weighted by molar-refractivity contribution is 0.0140. The standard InChI is InChI=1S/C15H33N3/c1-5-10-18-11-8-15(13-16,9-12-18)17(4)14(6-2)7-3/h14H,5-13,16H2,1-4H3. The number of hydrogen-bond acceptors (Lipinski definition) is 3. The van der Waals surface area contributed by atoms with Gasteiger partial charge in [0.15, 0.2) is 0 Å². The van der Waals surface area contributed by atoms with Gasteiger partial charge in [-0.1, -0.05) is 20.8 Å². The second-order valence-corrected chi connectivity index (χ2v) is 5.85. The van der Waals surface area contributed by atoms with E-state index in [1.54, 1.807) is 0 Å². The molecular formula is C15H33N3. The van der Waals surface area contributed by atoms with Crippen molar-refractivity contribution < 1.29 is 0 Å². The lowest BCUT2D eigenvalue weighted by Crippen LogP contribution is -2.60. The van der Waals surface area contributed by atoms with Gasteiger partial charge in [-0.2, -0.15) is 0 Å². The highest BCUT2D eigenvalue weighted by Gasteiger charge is 2.38. The van der Waals surface area contributed by atoms with Crippen LogP contribution < -0.4 is 5.73 Å². The number of likely N-dealkylation sites (tertiary alicyclic amines) is 1. The third kappa shape index (κ3) is 3.46. The molecule has 0 aromatic rings. The summed E-state index contributed by atoms with van der Waals surface area (Å²) in [6.45, 7) is 11.3. The van der Waals surface area contributed by atoms with E-state index < -0.39 is 0 Å². The van der Waals surface area contributed by atoms with E-state index in [1.165, 1.54) is 51.7 Å². The van der Waals surface area contributed by atoms with E-state index in [4.69, 9.17) is 5.73 Å². The highest BCUT2D eigenvalue weighted by Crippen LogP contribution is 2.30. The van der Waals surface area contributed by atoms with Crippen LogP contribution in [0.3, 0.4) is 0 Å². The van der Waals surface area contributed by atoms with Crippen LogP contribution in [0.5, 0.6) is 0 Å². The average molecular weight is 255 g/mol. The summed E-state index contributed by atoms with van der Waals surface area (Å²) in [4.78, 5) is 5.19. The monoisotopic (exact) mass is 255 g/mol. The van der Waals surface area contributed by atoms with E-state index in [1.807, 2.05) is 0 Å². The van der Waals surface area contributed by atoms with Gasteiger partial charge in [-0.05, 0) is 58.8 Å². The highest BCUT2D eigenvalue weighted by atomic mass is 15.2. The van der Waals surface area contributed by atoms with Crippen molar-refractivity contribution in [3.05, 3.63) is 0 Å². The molecular weight excluding hydrogens is 222 g/mol. The summed E-state index contributed by atoms with van der Waals surface area (Å²) in [5, 5.41) is 0. The lowest BCUT2D eigenvalue weighted by Gasteiger charge is -2.49. The first kappa shape index (κ1) is 15.9. The van der Waals surface area contributed by atoms with Gasteiger partial charge in [-0.25, -0.2) is 0 Å². The van der Waals surface area contributed by atoms with Crippen molar-refractivity contribution >= 4 is 0 Å². The zero-order valence-corrected chi connectivity index (χ0v) is 12.9. The van der Waals surface area contributed by atoms with E-state index >= 15 is 0 Å². The lowest BCUT2D eigenvalue weighted by atomic mass is 9.84. The summed E-state index contributed by atoms with van der Waals surface area (Å²) in [6, 6.07) is 0.686. The largest absolute Gasteiger partial charge is 0.329 e. The van der Waals surface area contributed by atoms with Crippen molar-refractivity contribution in [2.45, 2.75) is 64.5 Å². The normalized spacial score (nSPS) is 20.8. The zero-order chi connectivity index (χ0) is 13.6. The number of piperidine rings is 1. The molecule has 1 aliphatic rings. The quantitative estimate of drug-likeness (QED) is 0.758. The fourth-order valence-electron chi connectivity index (χ4n) is 3.43. The maximum atomic E-state index is 6.15. The molecule has 0 aromatic heterocycles. The molecule has 18 heavy (non-hydrogen) atoms. The topological polar surface area (TPSA) is 32.5 Å². The second-order valence-electron chi connectivity index (χ2n) is 5.85. The molecule has 108 valence electrons. The van der Waals surface area contributed by atoms with Gasteiger partial charge in [-0.3, -0.25) is 4.90 Å². The van der Waals surface area contributed by atoms with Crippen molar-refractivity contribution in [1.82, 2.24) is 9.80 Å². The molecule has 1 fully saturated rings. The summed E-state index contributed by atoms with van der Waals surface area (Å²) in [5.74, 6) is 0. The van der Waals surface area contributed by atoms with Gasteiger partial charge < -0.3 is 10.6 Å². The molecule has 0 unspecified atom stereocenters. The van der Waals surface area contributed by atoms with Crippen LogP contribution in [0.15, 0.2) is 0 Å². The molecule has 0 aromatic carbocycles. The number of nitrogens with zero attached hydrogens (tertiary/aromatic N) is 2. The molecule has 0 amide bonds. The highest BCUT2D eigenvalue weighted by molar-refractivity contribution is 4.97. The van der Waals surface area contributed by atoms with Gasteiger partial charge in [0.2, 0.25) is 0 Å². The van der Waals surface area contributed by atoms with E-state index in [0.717, 1.165) is 6.54 Å². The van der Waals surface area contributed by atoms with Gasteiger partial charge in [0.25, 0.3) is 0 Å². The molecule has 0 bridgehead atoms. The number of rotatable bonds is 7. The summed E-state index contributed by atoms with van der Waals surface area (Å²) < 4.78 is 0. The molecule has 1 aliphatic heterocycles. The fraction of sp³-hybridized carbons (Fsp3) is 1.00. The Hall–Kier alpha value is -0.120. The van der Waals surface area contributed by atoms with Crippen LogP contribution in [-0.2, 0) is 0 Å². The molecule has 2 N–H and O–H groups in total. The number of hydrogen-bond donors (Lipinski definition) is 1. The summed E-state index contributed by atoms with van der Waals surface area (Å²) in [7, 11) is 2.29. The Morgan fingerprint density at radius 2 is 1.72 bits per heavy atom. The molecule has 0 saturated carbocycles. The minimum absolute atomic E-state index is 0.251. The predicted octanol–water partition coefficient (Wildman–Crippen LogP) is 2.31. The van der Waals surface area contributed by atoms with E-state index in [9.17, 15) is 0 Å². The molecule has 1 saturated heterocycles. The molecule has 0 spiro atoms. The minimum Gasteiger partial charge on any atom is -0.329 e. The average Bonchev–Trinajstić information content (AvgIpc) is 2.41. The van der Waals surface area contributed by atoms with Gasteiger partial charge >= 0.3 is 0 Å². The molecule has 3 nitrogen and oxygen atoms in total. The smallest absolute Gasteiger partial charge is 0.0355 e. The maximum absolute atomic E-state index is 6.15. The van der Waals surface area contributed by atoms with Crippen LogP contribution in [0.2, 0.25) is 0 Å². The first-order valence-corrected chi connectivity index (χ1v) is 7.78. The van der Waals surface area contributed by atoms with Crippen molar-refractivity contribution in [2.24, 2.45) is 5.73 Å². The number of nitrogens with two attached hydrogens (primary N) is 1. The van der Waals surface area contributed by atoms with Crippen molar-refractivity contribution in [1.29, 1.82) is 0 Å². The van der Waals surface area contributed by atoms with Crippen molar-refractivity contribution in [3.8, 4) is 0 Å². The molecule has 1 heterocycles. The molecule has 0 aliphatic carbocycles. The van der Waals surface area contributed by atoms with Gasteiger partial charge in [0, 0.05) is 18.1 Å². The van der Waals surface area contributed by atoms with Gasteiger partial charge in [-0.15, -0.1) is 0 Å². The number of likely N-dealkylation sites (N-methyl/N-ethyl adjacent to an activating group) is 1. The SMILES string of the molecule is CCCN1CCC(CN)(N(C)C(CC)CC)CC1. The molecule has 1 rings (SSSR count). The fourth-order valence-corrected chi connectivity index (χ4v) is 3.43. The van der Waals surface area contributed by atoms with Crippen LogP contribution in [0, 0.1) is 0 Å². The van der Waals surface area contributed by atoms with E-state index in [2.05, 4.69) is 37.6 Å². The summed E-state index contributed by atoms with van der Waals surface area (Å²) in [5.41, 5.74) is 6.40. The third-order valence-corrected chi connectivity index (χ3v) is 4.94. The predicted molar refractivity (Wildman–Crippen MR) is 79.9 cm³/mol. The Balaban J connectivity index is 2.64. The van der Waals surface area contributed by atoms with Crippen molar-refractivity contribution in [3.63, 3.8) is 0 Å². The van der Waals surface area contributed by atoms with E-state index in [-0.39, 0.29) is 5.54 Å². The zero-order valence-electron chi connectivity index (χ0n) is 12.9. The van der Waals surface area contributed by atoms with Crippen LogP contribution in [0.25, 0.3) is 0 Å². The van der Waals surface area contributed by atoms with Gasteiger partial charge in [0.05, 0.1) is 0 Å². The third-order valence-electron chi connectivity index (χ3n) is 4.94. The maximum Gasteiger partial charge on any atom is 0.0355 e. The first-order valence-electron chi connectivity index (χ1n) is 7.78.